The van der Waals surface area contributed by atoms with Crippen LogP contribution >= 0.6 is 0 Å². The predicted octanol–water partition coefficient (Wildman–Crippen LogP) is 2.84. The number of aldehydes is 1. The predicted molar refractivity (Wildman–Crippen MR) is 86.2 cm³/mol. The van der Waals surface area contributed by atoms with Gasteiger partial charge in [0, 0.05) is 6.07 Å². The van der Waals surface area contributed by atoms with Crippen molar-refractivity contribution in [3.63, 3.8) is 0 Å². The molecule has 0 saturated heterocycles. The minimum absolute atomic E-state index is 0.113. The highest BCUT2D eigenvalue weighted by atomic mass is 16.5. The zero-order valence-corrected chi connectivity index (χ0v) is 12.7. The van der Waals surface area contributed by atoms with Gasteiger partial charge >= 0.3 is 0 Å². The third-order valence-corrected chi connectivity index (χ3v) is 3.60. The number of Topliss-reactive ketones (excluding diaryl/α,β-unsaturated/α-hetero) is 1. The van der Waals surface area contributed by atoms with Crippen LogP contribution in [0.25, 0.3) is 0 Å². The van der Waals surface area contributed by atoms with E-state index in [1.54, 1.807) is 12.1 Å². The first-order valence-electron chi connectivity index (χ1n) is 7.37. The summed E-state index contributed by atoms with van der Waals surface area (Å²) in [5, 5.41) is 3.06. The minimum Gasteiger partial charge on any atom is -0.489 e. The van der Waals surface area contributed by atoms with Gasteiger partial charge in [-0.3, -0.25) is 4.79 Å². The Bertz CT molecular complexity index is 727. The molecule has 5 nitrogen and oxygen atoms in total. The van der Waals surface area contributed by atoms with E-state index in [4.69, 9.17) is 9.47 Å². The molecule has 118 valence electrons. The molecule has 0 aliphatic carbocycles. The Labute approximate surface area is 134 Å². The number of benzene rings is 2. The summed E-state index contributed by atoms with van der Waals surface area (Å²) < 4.78 is 11.3. The van der Waals surface area contributed by atoms with E-state index in [0.717, 1.165) is 11.8 Å². The number of carbonyl (C=O) groups excluding carboxylic acids is 2. The van der Waals surface area contributed by atoms with Gasteiger partial charge in [-0.25, -0.2) is 0 Å². The molecule has 2 aromatic carbocycles. The van der Waals surface area contributed by atoms with Crippen molar-refractivity contribution in [3.05, 3.63) is 53.6 Å². The average Bonchev–Trinajstić information content (AvgIpc) is 2.59. The van der Waals surface area contributed by atoms with Crippen LogP contribution in [0.15, 0.2) is 42.5 Å². The van der Waals surface area contributed by atoms with Crippen molar-refractivity contribution in [3.8, 4) is 11.5 Å². The van der Waals surface area contributed by atoms with E-state index < -0.39 is 6.04 Å². The minimum atomic E-state index is -0.424. The Hall–Kier alpha value is -2.82. The Morgan fingerprint density at radius 1 is 1.35 bits per heavy atom. The lowest BCUT2D eigenvalue weighted by atomic mass is 10.1. The van der Waals surface area contributed by atoms with Crippen molar-refractivity contribution in [2.24, 2.45) is 0 Å². The summed E-state index contributed by atoms with van der Waals surface area (Å²) in [5.74, 6) is 0.917. The molecule has 0 aromatic heterocycles. The molecule has 0 amide bonds. The standard InChI is InChI=1S/C18H17NO4/c1-12(21)16-7-15(22-10-13-5-3-2-4-6-13)8-17-18(16)23-11-14(9-20)19-17/h2-9,14,19H,10-11H2,1H3. The highest BCUT2D eigenvalue weighted by Gasteiger charge is 2.24. The van der Waals surface area contributed by atoms with Crippen molar-refractivity contribution in [2.75, 3.05) is 11.9 Å². The summed E-state index contributed by atoms with van der Waals surface area (Å²) in [6.07, 6.45) is 0.786. The van der Waals surface area contributed by atoms with Gasteiger partial charge in [-0.1, -0.05) is 30.3 Å². The second-order valence-electron chi connectivity index (χ2n) is 5.38. The lowest BCUT2D eigenvalue weighted by molar-refractivity contribution is -0.109. The first-order chi connectivity index (χ1) is 11.2. The molecule has 1 atom stereocenters. The van der Waals surface area contributed by atoms with Gasteiger partial charge < -0.3 is 19.6 Å². The number of ketones is 1. The SMILES string of the molecule is CC(=O)c1cc(OCc2ccccc2)cc2c1OCC(C=O)N2. The molecule has 0 saturated carbocycles. The molecule has 1 unspecified atom stereocenters. The van der Waals surface area contributed by atoms with E-state index in [1.165, 1.54) is 6.92 Å². The summed E-state index contributed by atoms with van der Waals surface area (Å²) in [6.45, 7) is 2.09. The number of ether oxygens (including phenoxy) is 2. The monoisotopic (exact) mass is 311 g/mol. The van der Waals surface area contributed by atoms with Crippen molar-refractivity contribution < 1.29 is 19.1 Å². The first kappa shape index (κ1) is 15.1. The van der Waals surface area contributed by atoms with Crippen LogP contribution in [-0.4, -0.2) is 24.7 Å². The van der Waals surface area contributed by atoms with Gasteiger partial charge in [0.25, 0.3) is 0 Å². The number of nitrogens with one attached hydrogen (secondary N) is 1. The van der Waals surface area contributed by atoms with E-state index >= 15 is 0 Å². The summed E-state index contributed by atoms with van der Waals surface area (Å²) in [7, 11) is 0. The first-order valence-corrected chi connectivity index (χ1v) is 7.37. The largest absolute Gasteiger partial charge is 0.489 e. The van der Waals surface area contributed by atoms with E-state index in [9.17, 15) is 9.59 Å². The van der Waals surface area contributed by atoms with Gasteiger partial charge in [0.2, 0.25) is 0 Å². The highest BCUT2D eigenvalue weighted by molar-refractivity contribution is 5.99. The molecule has 23 heavy (non-hydrogen) atoms. The molecule has 0 fully saturated rings. The third kappa shape index (κ3) is 3.34. The Morgan fingerprint density at radius 3 is 2.83 bits per heavy atom. The number of anilines is 1. The fraction of sp³-hybridized carbons (Fsp3) is 0.222. The normalized spacial score (nSPS) is 15.8. The zero-order valence-electron chi connectivity index (χ0n) is 12.7. The van der Waals surface area contributed by atoms with Crippen LogP contribution in [0.3, 0.4) is 0 Å². The maximum atomic E-state index is 11.9. The zero-order chi connectivity index (χ0) is 16.2. The van der Waals surface area contributed by atoms with Gasteiger partial charge in [0.05, 0.1) is 11.3 Å². The van der Waals surface area contributed by atoms with Gasteiger partial charge in [0.1, 0.15) is 31.3 Å². The molecule has 5 heteroatoms. The van der Waals surface area contributed by atoms with Gasteiger partial charge in [-0.05, 0) is 18.6 Å². The summed E-state index contributed by atoms with van der Waals surface area (Å²) in [4.78, 5) is 22.8. The Balaban J connectivity index is 1.87. The quantitative estimate of drug-likeness (QED) is 0.679. The summed E-state index contributed by atoms with van der Waals surface area (Å²) >= 11 is 0. The number of hydrogen-bond donors (Lipinski definition) is 1. The van der Waals surface area contributed by atoms with Crippen LogP contribution in [-0.2, 0) is 11.4 Å². The van der Waals surface area contributed by atoms with Crippen LogP contribution in [0.2, 0.25) is 0 Å². The topological polar surface area (TPSA) is 64.6 Å². The molecule has 1 aliphatic rings. The fourth-order valence-electron chi connectivity index (χ4n) is 2.44. The lowest BCUT2D eigenvalue weighted by Crippen LogP contribution is -2.33. The summed E-state index contributed by atoms with van der Waals surface area (Å²) in [5.41, 5.74) is 2.08. The van der Waals surface area contributed by atoms with Crippen molar-refractivity contribution >= 4 is 17.8 Å². The van der Waals surface area contributed by atoms with E-state index in [2.05, 4.69) is 5.32 Å². The van der Waals surface area contributed by atoms with Crippen LogP contribution in [0.1, 0.15) is 22.8 Å². The average molecular weight is 311 g/mol. The molecule has 1 N–H and O–H groups in total. The molecule has 1 aliphatic heterocycles. The second kappa shape index (κ2) is 6.52. The number of fused-ring (bicyclic) bond motifs is 1. The number of hydrogen-bond acceptors (Lipinski definition) is 5. The van der Waals surface area contributed by atoms with Crippen LogP contribution in [0, 0.1) is 0 Å². The Morgan fingerprint density at radius 2 is 2.13 bits per heavy atom. The van der Waals surface area contributed by atoms with Crippen LogP contribution in [0.4, 0.5) is 5.69 Å². The number of carbonyl (C=O) groups is 2. The smallest absolute Gasteiger partial charge is 0.163 e. The third-order valence-electron chi connectivity index (χ3n) is 3.60. The molecule has 0 spiro atoms. The van der Waals surface area contributed by atoms with Gasteiger partial charge in [-0.2, -0.15) is 0 Å². The fourth-order valence-corrected chi connectivity index (χ4v) is 2.44. The molecule has 0 radical (unpaired) electrons. The maximum absolute atomic E-state index is 11.9. The van der Waals surface area contributed by atoms with Crippen molar-refractivity contribution in [2.45, 2.75) is 19.6 Å². The highest BCUT2D eigenvalue weighted by Crippen LogP contribution is 2.37. The van der Waals surface area contributed by atoms with Crippen LogP contribution < -0.4 is 14.8 Å². The van der Waals surface area contributed by atoms with E-state index in [0.29, 0.717) is 29.4 Å². The second-order valence-corrected chi connectivity index (χ2v) is 5.38. The molecular formula is C18H17NO4. The Kier molecular flexibility index (Phi) is 4.28. The van der Waals surface area contributed by atoms with Crippen LogP contribution in [0.5, 0.6) is 11.5 Å². The van der Waals surface area contributed by atoms with E-state index in [-0.39, 0.29) is 12.4 Å². The van der Waals surface area contributed by atoms with Crippen molar-refractivity contribution in [1.29, 1.82) is 0 Å². The number of rotatable bonds is 5. The van der Waals surface area contributed by atoms with Crippen molar-refractivity contribution in [1.82, 2.24) is 0 Å². The molecule has 3 rings (SSSR count). The maximum Gasteiger partial charge on any atom is 0.163 e. The summed E-state index contributed by atoms with van der Waals surface area (Å²) in [6, 6.07) is 12.8. The molecule has 1 heterocycles. The molecule has 2 aromatic rings. The van der Waals surface area contributed by atoms with Gasteiger partial charge in [0.15, 0.2) is 11.5 Å². The molecular weight excluding hydrogens is 294 g/mol. The van der Waals surface area contributed by atoms with Gasteiger partial charge in [-0.15, -0.1) is 0 Å². The molecule has 0 bridgehead atoms. The van der Waals surface area contributed by atoms with E-state index in [1.807, 2.05) is 30.3 Å². The lowest BCUT2D eigenvalue weighted by Gasteiger charge is -2.26.